The third-order valence-electron chi connectivity index (χ3n) is 5.97. The van der Waals surface area contributed by atoms with Gasteiger partial charge in [-0.05, 0) is 31.0 Å². The lowest BCUT2D eigenvalue weighted by Crippen LogP contribution is -2.47. The number of benzene rings is 1. The fourth-order valence-corrected chi connectivity index (χ4v) is 4.09. The predicted octanol–water partition coefficient (Wildman–Crippen LogP) is 3.71. The summed E-state index contributed by atoms with van der Waals surface area (Å²) in [4.78, 5) is 32.6. The molecular formula is C27H39N3O4. The summed E-state index contributed by atoms with van der Waals surface area (Å²) in [5.41, 5.74) is 0.488. The first-order valence-electron chi connectivity index (χ1n) is 12.2. The fourth-order valence-electron chi connectivity index (χ4n) is 4.09. The van der Waals surface area contributed by atoms with E-state index in [0.29, 0.717) is 19.6 Å². The van der Waals surface area contributed by atoms with Crippen LogP contribution in [0.2, 0.25) is 0 Å². The number of hydrogen-bond donors (Lipinski definition) is 0. The van der Waals surface area contributed by atoms with Gasteiger partial charge in [-0.25, -0.2) is 0 Å². The molecule has 0 spiro atoms. The predicted molar refractivity (Wildman–Crippen MR) is 132 cm³/mol. The van der Waals surface area contributed by atoms with Crippen LogP contribution in [-0.4, -0.2) is 72.5 Å². The van der Waals surface area contributed by atoms with Crippen LogP contribution in [0.15, 0.2) is 46.9 Å². The molecule has 1 saturated heterocycles. The second kappa shape index (κ2) is 12.2. The van der Waals surface area contributed by atoms with Crippen LogP contribution in [0.3, 0.4) is 0 Å². The van der Waals surface area contributed by atoms with E-state index in [9.17, 15) is 9.59 Å². The zero-order valence-corrected chi connectivity index (χ0v) is 21.1. The zero-order chi connectivity index (χ0) is 24.6. The molecule has 0 aliphatic carbocycles. The third kappa shape index (κ3) is 7.99. The lowest BCUT2D eigenvalue weighted by molar-refractivity contribution is -0.146. The van der Waals surface area contributed by atoms with Gasteiger partial charge in [0.15, 0.2) is 0 Å². The number of rotatable bonds is 10. The van der Waals surface area contributed by atoms with Crippen molar-refractivity contribution in [3.05, 3.63) is 59.5 Å². The first kappa shape index (κ1) is 26.0. The first-order chi connectivity index (χ1) is 16.2. The Morgan fingerprint density at radius 3 is 2.29 bits per heavy atom. The monoisotopic (exact) mass is 469 g/mol. The maximum atomic E-state index is 13.5. The Labute approximate surface area is 203 Å². The SMILES string of the molecule is Cc1ccc(CN(Cc2ccccc2)C(=O)CN(CCCN2CCOCC2)C(=O)C(C)(C)C)o1. The lowest BCUT2D eigenvalue weighted by atomic mass is 9.94. The summed E-state index contributed by atoms with van der Waals surface area (Å²) in [5.74, 6) is 1.47. The number of morpholine rings is 1. The van der Waals surface area contributed by atoms with Crippen molar-refractivity contribution in [2.24, 2.45) is 5.41 Å². The minimum absolute atomic E-state index is 0.00340. The zero-order valence-electron chi connectivity index (χ0n) is 21.1. The third-order valence-corrected chi connectivity index (χ3v) is 5.97. The Hall–Kier alpha value is -2.64. The summed E-state index contributed by atoms with van der Waals surface area (Å²) < 4.78 is 11.2. The van der Waals surface area contributed by atoms with Gasteiger partial charge < -0.3 is 19.0 Å². The maximum absolute atomic E-state index is 13.5. The van der Waals surface area contributed by atoms with E-state index < -0.39 is 5.41 Å². The topological polar surface area (TPSA) is 66.2 Å². The Balaban J connectivity index is 1.70. The minimum atomic E-state index is -0.554. The number of aryl methyl sites for hydroxylation is 1. The van der Waals surface area contributed by atoms with Crippen molar-refractivity contribution in [2.45, 2.75) is 47.2 Å². The Kier molecular flexibility index (Phi) is 9.30. The van der Waals surface area contributed by atoms with Gasteiger partial charge in [0, 0.05) is 38.1 Å². The van der Waals surface area contributed by atoms with Gasteiger partial charge >= 0.3 is 0 Å². The summed E-state index contributed by atoms with van der Waals surface area (Å²) in [7, 11) is 0. The van der Waals surface area contributed by atoms with Crippen molar-refractivity contribution in [1.29, 1.82) is 0 Å². The number of furan rings is 1. The molecule has 1 fully saturated rings. The molecule has 2 aromatic rings. The van der Waals surface area contributed by atoms with E-state index in [1.807, 2.05) is 70.2 Å². The van der Waals surface area contributed by atoms with Crippen molar-refractivity contribution < 1.29 is 18.7 Å². The molecule has 2 amide bonds. The van der Waals surface area contributed by atoms with Crippen LogP contribution in [0, 0.1) is 12.3 Å². The second-order valence-electron chi connectivity index (χ2n) is 10.0. The molecule has 0 N–H and O–H groups in total. The van der Waals surface area contributed by atoms with Crippen molar-refractivity contribution in [2.75, 3.05) is 45.9 Å². The minimum Gasteiger partial charge on any atom is -0.464 e. The smallest absolute Gasteiger partial charge is 0.242 e. The van der Waals surface area contributed by atoms with Crippen molar-refractivity contribution in [3.63, 3.8) is 0 Å². The highest BCUT2D eigenvalue weighted by Gasteiger charge is 2.30. The molecule has 1 aromatic carbocycles. The van der Waals surface area contributed by atoms with Gasteiger partial charge in [0.25, 0.3) is 0 Å². The summed E-state index contributed by atoms with van der Waals surface area (Å²) in [6, 6.07) is 13.7. The molecule has 3 rings (SSSR count). The van der Waals surface area contributed by atoms with Crippen molar-refractivity contribution >= 4 is 11.8 Å². The molecule has 0 unspecified atom stereocenters. The molecule has 1 aromatic heterocycles. The summed E-state index contributed by atoms with van der Waals surface area (Å²) in [6.07, 6.45) is 0.825. The van der Waals surface area contributed by atoms with Crippen LogP contribution < -0.4 is 0 Å². The highest BCUT2D eigenvalue weighted by molar-refractivity contribution is 5.87. The number of carbonyl (C=O) groups is 2. The number of hydrogen-bond acceptors (Lipinski definition) is 5. The molecule has 7 heteroatoms. The molecule has 2 heterocycles. The van der Waals surface area contributed by atoms with E-state index in [1.165, 1.54) is 0 Å². The van der Waals surface area contributed by atoms with Crippen LogP contribution in [0.1, 0.15) is 44.3 Å². The van der Waals surface area contributed by atoms with Gasteiger partial charge in [-0.1, -0.05) is 51.1 Å². The molecule has 0 bridgehead atoms. The van der Waals surface area contributed by atoms with Crippen LogP contribution in [0.25, 0.3) is 0 Å². The number of nitrogens with zero attached hydrogens (tertiary/aromatic N) is 3. The molecule has 1 aliphatic rings. The molecule has 0 atom stereocenters. The Morgan fingerprint density at radius 1 is 0.971 bits per heavy atom. The first-order valence-corrected chi connectivity index (χ1v) is 12.2. The quantitative estimate of drug-likeness (QED) is 0.531. The molecule has 7 nitrogen and oxygen atoms in total. The van der Waals surface area contributed by atoms with Crippen molar-refractivity contribution in [3.8, 4) is 0 Å². The average Bonchev–Trinajstić information content (AvgIpc) is 3.22. The van der Waals surface area contributed by atoms with Crippen LogP contribution in [0.4, 0.5) is 0 Å². The van der Waals surface area contributed by atoms with E-state index in [2.05, 4.69) is 4.90 Å². The van der Waals surface area contributed by atoms with E-state index in [0.717, 1.165) is 56.4 Å². The molecular weight excluding hydrogens is 430 g/mol. The number of carbonyl (C=O) groups excluding carboxylic acids is 2. The van der Waals surface area contributed by atoms with E-state index in [1.54, 1.807) is 9.80 Å². The van der Waals surface area contributed by atoms with Crippen LogP contribution in [0.5, 0.6) is 0 Å². The standard InChI is InChI=1S/C27H39N3O4/c1-22-11-12-24(34-22)20-30(19-23-9-6-5-7-10-23)25(31)21-29(26(32)27(2,3)4)14-8-13-28-15-17-33-18-16-28/h5-7,9-12H,8,13-21H2,1-4H3. The lowest BCUT2D eigenvalue weighted by Gasteiger charge is -2.32. The van der Waals surface area contributed by atoms with Gasteiger partial charge in [-0.3, -0.25) is 14.5 Å². The molecule has 186 valence electrons. The molecule has 34 heavy (non-hydrogen) atoms. The molecule has 0 radical (unpaired) electrons. The van der Waals surface area contributed by atoms with Crippen molar-refractivity contribution in [1.82, 2.24) is 14.7 Å². The van der Waals surface area contributed by atoms with E-state index in [-0.39, 0.29) is 18.4 Å². The van der Waals surface area contributed by atoms with Gasteiger partial charge in [0.1, 0.15) is 11.5 Å². The Morgan fingerprint density at radius 2 is 1.68 bits per heavy atom. The normalized spacial score (nSPS) is 14.7. The van der Waals surface area contributed by atoms with Gasteiger partial charge in [-0.15, -0.1) is 0 Å². The number of amides is 2. The summed E-state index contributed by atoms with van der Waals surface area (Å²) in [6.45, 7) is 13.3. The van der Waals surface area contributed by atoms with Gasteiger partial charge in [0.2, 0.25) is 11.8 Å². The highest BCUT2D eigenvalue weighted by atomic mass is 16.5. The van der Waals surface area contributed by atoms with Crippen LogP contribution >= 0.6 is 0 Å². The van der Waals surface area contributed by atoms with E-state index in [4.69, 9.17) is 9.15 Å². The fraction of sp³-hybridized carbons (Fsp3) is 0.556. The Bertz CT molecular complexity index is 913. The van der Waals surface area contributed by atoms with E-state index >= 15 is 0 Å². The summed E-state index contributed by atoms with van der Waals surface area (Å²) in [5, 5.41) is 0. The van der Waals surface area contributed by atoms with Gasteiger partial charge in [0.05, 0.1) is 26.3 Å². The van der Waals surface area contributed by atoms with Crippen LogP contribution in [-0.2, 0) is 27.4 Å². The molecule has 0 saturated carbocycles. The second-order valence-corrected chi connectivity index (χ2v) is 10.0. The molecule has 1 aliphatic heterocycles. The average molecular weight is 470 g/mol. The van der Waals surface area contributed by atoms with Gasteiger partial charge in [-0.2, -0.15) is 0 Å². The highest BCUT2D eigenvalue weighted by Crippen LogP contribution is 2.19. The maximum Gasteiger partial charge on any atom is 0.242 e. The number of ether oxygens (including phenoxy) is 1. The largest absolute Gasteiger partial charge is 0.464 e. The summed E-state index contributed by atoms with van der Waals surface area (Å²) >= 11 is 0.